The van der Waals surface area contributed by atoms with Crippen LogP contribution in [-0.2, 0) is 11.3 Å². The fraction of sp³-hybridized carbons (Fsp3) is 0.235. The Hall–Kier alpha value is -2.18. The number of hydrogen-bond donors (Lipinski definition) is 1. The number of anilines is 1. The Morgan fingerprint density at radius 2 is 2.00 bits per heavy atom. The van der Waals surface area contributed by atoms with Crippen molar-refractivity contribution in [1.29, 1.82) is 0 Å². The zero-order valence-corrected chi connectivity index (χ0v) is 14.0. The summed E-state index contributed by atoms with van der Waals surface area (Å²) in [6, 6.07) is 8.21. The van der Waals surface area contributed by atoms with Crippen molar-refractivity contribution in [2.75, 3.05) is 26.0 Å². The Kier molecular flexibility index (Phi) is 6.11. The van der Waals surface area contributed by atoms with Gasteiger partial charge in [0.15, 0.2) is 0 Å². The van der Waals surface area contributed by atoms with Gasteiger partial charge in [-0.2, -0.15) is 0 Å². The second-order valence-electron chi connectivity index (χ2n) is 5.30. The molecule has 0 unspecified atom stereocenters. The number of nitrogens with zero attached hydrogens (tertiary/aromatic N) is 1. The smallest absolute Gasteiger partial charge is 0.238 e. The molecule has 0 aromatic heterocycles. The molecule has 0 heterocycles. The van der Waals surface area contributed by atoms with Crippen molar-refractivity contribution in [3.05, 3.63) is 58.6 Å². The van der Waals surface area contributed by atoms with E-state index in [1.165, 1.54) is 6.07 Å². The number of carbonyl (C=O) groups excluding carboxylic acids is 1. The average Bonchev–Trinajstić information content (AvgIpc) is 2.50. The van der Waals surface area contributed by atoms with Gasteiger partial charge < -0.3 is 10.1 Å². The minimum atomic E-state index is -0.817. The lowest BCUT2D eigenvalue weighted by Gasteiger charge is -2.18. The summed E-state index contributed by atoms with van der Waals surface area (Å²) >= 11 is 5.97. The van der Waals surface area contributed by atoms with Gasteiger partial charge >= 0.3 is 0 Å². The van der Waals surface area contributed by atoms with Crippen molar-refractivity contribution in [3.8, 4) is 5.75 Å². The number of benzene rings is 2. The van der Waals surface area contributed by atoms with Crippen LogP contribution in [0.3, 0.4) is 0 Å². The van der Waals surface area contributed by atoms with Crippen LogP contribution in [-0.4, -0.2) is 31.5 Å². The molecular formula is C17H17ClF2N2O2. The number of nitrogens with one attached hydrogen (secondary N) is 1. The molecule has 0 aliphatic heterocycles. The fourth-order valence-corrected chi connectivity index (χ4v) is 2.44. The number of carbonyl (C=O) groups is 1. The molecule has 0 saturated carbocycles. The number of likely N-dealkylation sites (N-methyl/N-ethyl adjacent to an activating group) is 1. The molecule has 0 aliphatic rings. The van der Waals surface area contributed by atoms with Crippen LogP contribution >= 0.6 is 11.6 Å². The van der Waals surface area contributed by atoms with Crippen molar-refractivity contribution in [1.82, 2.24) is 4.90 Å². The van der Waals surface area contributed by atoms with Gasteiger partial charge in [0.25, 0.3) is 0 Å². The van der Waals surface area contributed by atoms with Crippen LogP contribution in [0.25, 0.3) is 0 Å². The van der Waals surface area contributed by atoms with Crippen LogP contribution in [0.15, 0.2) is 36.4 Å². The molecule has 0 atom stereocenters. The normalized spacial score (nSPS) is 10.8. The van der Waals surface area contributed by atoms with E-state index in [0.717, 1.165) is 17.7 Å². The standard InChI is InChI=1S/C17H17ClF2N2O2/c1-22(9-11-7-12(18)3-6-16(11)24-2)10-17(23)21-15-5-4-13(19)8-14(15)20/h3-8H,9-10H2,1-2H3,(H,21,23). The van der Waals surface area contributed by atoms with Crippen LogP contribution in [0.1, 0.15) is 5.56 Å². The molecule has 0 bridgehead atoms. The van der Waals surface area contributed by atoms with Gasteiger partial charge in [0.2, 0.25) is 5.91 Å². The first-order valence-electron chi connectivity index (χ1n) is 7.15. The van der Waals surface area contributed by atoms with Crippen molar-refractivity contribution in [2.24, 2.45) is 0 Å². The number of rotatable bonds is 6. The predicted octanol–water partition coefficient (Wildman–Crippen LogP) is 3.70. The predicted molar refractivity (Wildman–Crippen MR) is 89.3 cm³/mol. The van der Waals surface area contributed by atoms with Gasteiger partial charge in [-0.05, 0) is 37.4 Å². The third-order valence-corrected chi connectivity index (χ3v) is 3.54. The lowest BCUT2D eigenvalue weighted by Crippen LogP contribution is -2.30. The van der Waals surface area contributed by atoms with E-state index in [1.54, 1.807) is 37.3 Å². The second-order valence-corrected chi connectivity index (χ2v) is 5.74. The molecule has 2 rings (SSSR count). The summed E-state index contributed by atoms with van der Waals surface area (Å²) in [5, 5.41) is 2.98. The van der Waals surface area contributed by atoms with E-state index in [1.807, 2.05) is 0 Å². The lowest BCUT2D eigenvalue weighted by molar-refractivity contribution is -0.117. The molecule has 128 valence electrons. The maximum Gasteiger partial charge on any atom is 0.238 e. The van der Waals surface area contributed by atoms with Crippen LogP contribution < -0.4 is 10.1 Å². The van der Waals surface area contributed by atoms with Gasteiger partial charge in [-0.1, -0.05) is 11.6 Å². The largest absolute Gasteiger partial charge is 0.496 e. The molecule has 0 spiro atoms. The van der Waals surface area contributed by atoms with Gasteiger partial charge in [-0.25, -0.2) is 8.78 Å². The van der Waals surface area contributed by atoms with Crippen molar-refractivity contribution >= 4 is 23.2 Å². The Balaban J connectivity index is 1.98. The van der Waals surface area contributed by atoms with Crippen LogP contribution in [0.4, 0.5) is 14.5 Å². The number of ether oxygens (including phenoxy) is 1. The molecule has 0 saturated heterocycles. The van der Waals surface area contributed by atoms with Gasteiger partial charge in [0.05, 0.1) is 19.3 Å². The number of amides is 1. The number of hydrogen-bond acceptors (Lipinski definition) is 3. The molecule has 0 radical (unpaired) electrons. The summed E-state index contributed by atoms with van der Waals surface area (Å²) in [6.45, 7) is 0.440. The molecule has 2 aromatic carbocycles. The summed E-state index contributed by atoms with van der Waals surface area (Å²) in [5.74, 6) is -1.27. The summed E-state index contributed by atoms with van der Waals surface area (Å²) in [4.78, 5) is 13.7. The first kappa shape index (κ1) is 18.2. The van der Waals surface area contributed by atoms with Crippen LogP contribution in [0, 0.1) is 11.6 Å². The second kappa shape index (κ2) is 8.08. The van der Waals surface area contributed by atoms with Crippen LogP contribution in [0.2, 0.25) is 5.02 Å². The highest BCUT2D eigenvalue weighted by Crippen LogP contribution is 2.23. The first-order valence-corrected chi connectivity index (χ1v) is 7.52. The molecular weight excluding hydrogens is 338 g/mol. The summed E-state index contributed by atoms with van der Waals surface area (Å²) < 4.78 is 31.7. The maximum atomic E-state index is 13.5. The average molecular weight is 355 g/mol. The summed E-state index contributed by atoms with van der Waals surface area (Å²) in [5.41, 5.74) is 0.767. The monoisotopic (exact) mass is 354 g/mol. The topological polar surface area (TPSA) is 41.6 Å². The molecule has 4 nitrogen and oxygen atoms in total. The van der Waals surface area contributed by atoms with Gasteiger partial charge in [-0.3, -0.25) is 9.69 Å². The molecule has 7 heteroatoms. The van der Waals surface area contributed by atoms with Crippen molar-refractivity contribution in [3.63, 3.8) is 0 Å². The number of methoxy groups -OCH3 is 1. The highest BCUT2D eigenvalue weighted by atomic mass is 35.5. The Labute approximate surface area is 144 Å². The summed E-state index contributed by atoms with van der Waals surface area (Å²) in [7, 11) is 3.29. The van der Waals surface area contributed by atoms with Gasteiger partial charge in [0, 0.05) is 23.2 Å². The third-order valence-electron chi connectivity index (χ3n) is 3.30. The molecule has 1 amide bonds. The molecule has 0 fully saturated rings. The minimum Gasteiger partial charge on any atom is -0.496 e. The SMILES string of the molecule is COc1ccc(Cl)cc1CN(C)CC(=O)Nc1ccc(F)cc1F. The highest BCUT2D eigenvalue weighted by Gasteiger charge is 2.13. The minimum absolute atomic E-state index is 0.0203. The van der Waals surface area contributed by atoms with E-state index in [4.69, 9.17) is 16.3 Å². The lowest BCUT2D eigenvalue weighted by atomic mass is 10.2. The Bertz CT molecular complexity index is 741. The van der Waals surface area contributed by atoms with E-state index < -0.39 is 17.5 Å². The van der Waals surface area contributed by atoms with Gasteiger partial charge in [-0.15, -0.1) is 0 Å². The fourth-order valence-electron chi connectivity index (χ4n) is 2.24. The Morgan fingerprint density at radius 3 is 2.67 bits per heavy atom. The van der Waals surface area contributed by atoms with E-state index in [-0.39, 0.29) is 12.2 Å². The molecule has 0 aliphatic carbocycles. The van der Waals surface area contributed by atoms with Crippen molar-refractivity contribution < 1.29 is 18.3 Å². The molecule has 24 heavy (non-hydrogen) atoms. The first-order chi connectivity index (χ1) is 11.4. The van der Waals surface area contributed by atoms with E-state index in [9.17, 15) is 13.6 Å². The quantitative estimate of drug-likeness (QED) is 0.860. The zero-order valence-electron chi connectivity index (χ0n) is 13.3. The zero-order chi connectivity index (χ0) is 17.7. The van der Waals surface area contributed by atoms with Crippen LogP contribution in [0.5, 0.6) is 5.75 Å². The molecule has 1 N–H and O–H groups in total. The van der Waals surface area contributed by atoms with E-state index >= 15 is 0 Å². The maximum absolute atomic E-state index is 13.5. The Morgan fingerprint density at radius 1 is 1.25 bits per heavy atom. The molecule has 2 aromatic rings. The van der Waals surface area contributed by atoms with E-state index in [2.05, 4.69) is 5.32 Å². The van der Waals surface area contributed by atoms with E-state index in [0.29, 0.717) is 17.3 Å². The number of halogens is 3. The third kappa shape index (κ3) is 4.91. The highest BCUT2D eigenvalue weighted by molar-refractivity contribution is 6.30. The van der Waals surface area contributed by atoms with Gasteiger partial charge in [0.1, 0.15) is 17.4 Å². The van der Waals surface area contributed by atoms with Crippen molar-refractivity contribution in [2.45, 2.75) is 6.54 Å². The summed E-state index contributed by atoms with van der Waals surface area (Å²) in [6.07, 6.45) is 0.